The number of aromatic nitrogens is 2. The first kappa shape index (κ1) is 17.2. The Kier molecular flexibility index (Phi) is 4.56. The van der Waals surface area contributed by atoms with Crippen LogP contribution in [0.25, 0.3) is 21.3 Å². The van der Waals surface area contributed by atoms with E-state index < -0.39 is 0 Å². The molecule has 134 valence electrons. The summed E-state index contributed by atoms with van der Waals surface area (Å²) in [6.07, 6.45) is 1.49. The molecule has 2 aromatic heterocycles. The lowest BCUT2D eigenvalue weighted by Crippen LogP contribution is -1.94. The maximum Gasteiger partial charge on any atom is 0.231 e. The topological polar surface area (TPSA) is 61.3 Å². The van der Waals surface area contributed by atoms with E-state index in [0.717, 1.165) is 27.1 Å². The fourth-order valence-electron chi connectivity index (χ4n) is 2.80. The first-order chi connectivity index (χ1) is 13.2. The Morgan fingerprint density at radius 3 is 2.59 bits per heavy atom. The van der Waals surface area contributed by atoms with E-state index in [9.17, 15) is 4.79 Å². The predicted molar refractivity (Wildman–Crippen MR) is 106 cm³/mol. The molecule has 0 unspecified atom stereocenters. The van der Waals surface area contributed by atoms with Gasteiger partial charge in [-0.2, -0.15) is 0 Å². The largest absolute Gasteiger partial charge is 0.497 e. The van der Waals surface area contributed by atoms with E-state index in [0.29, 0.717) is 17.2 Å². The zero-order valence-electron chi connectivity index (χ0n) is 14.8. The molecule has 0 bridgehead atoms. The second-order valence-electron chi connectivity index (χ2n) is 5.92. The molecule has 0 aliphatic heterocycles. The summed E-state index contributed by atoms with van der Waals surface area (Å²) in [7, 11) is 1.64. The van der Waals surface area contributed by atoms with Crippen LogP contribution in [-0.4, -0.2) is 22.9 Å². The smallest absolute Gasteiger partial charge is 0.231 e. The minimum Gasteiger partial charge on any atom is -0.497 e. The number of fused-ring (bicyclic) bond motifs is 1. The molecule has 0 saturated heterocycles. The molecule has 0 spiro atoms. The van der Waals surface area contributed by atoms with Crippen LogP contribution in [0.4, 0.5) is 0 Å². The van der Waals surface area contributed by atoms with Crippen molar-refractivity contribution in [2.24, 2.45) is 0 Å². The maximum atomic E-state index is 11.6. The van der Waals surface area contributed by atoms with E-state index in [4.69, 9.17) is 9.47 Å². The third kappa shape index (κ3) is 3.39. The van der Waals surface area contributed by atoms with Gasteiger partial charge in [-0.05, 0) is 36.8 Å². The Labute approximate surface area is 160 Å². The molecule has 0 radical (unpaired) electrons. The van der Waals surface area contributed by atoms with Gasteiger partial charge in [0.15, 0.2) is 5.78 Å². The number of rotatable bonds is 5. The van der Waals surface area contributed by atoms with Gasteiger partial charge in [0, 0.05) is 16.5 Å². The second-order valence-corrected chi connectivity index (χ2v) is 6.78. The fourth-order valence-corrected chi connectivity index (χ4v) is 3.70. The first-order valence-electron chi connectivity index (χ1n) is 8.31. The van der Waals surface area contributed by atoms with Gasteiger partial charge in [0.25, 0.3) is 0 Å². The van der Waals surface area contributed by atoms with Crippen LogP contribution in [0.2, 0.25) is 0 Å². The molecule has 0 N–H and O–H groups in total. The number of methoxy groups -OCH3 is 1. The van der Waals surface area contributed by atoms with E-state index in [1.807, 2.05) is 29.6 Å². The van der Waals surface area contributed by atoms with Crippen LogP contribution in [0.5, 0.6) is 17.4 Å². The van der Waals surface area contributed by atoms with Gasteiger partial charge in [0.2, 0.25) is 5.88 Å². The van der Waals surface area contributed by atoms with Gasteiger partial charge in [-0.25, -0.2) is 9.97 Å². The summed E-state index contributed by atoms with van der Waals surface area (Å²) in [6, 6.07) is 14.9. The molecule has 0 fully saturated rings. The number of benzene rings is 2. The van der Waals surface area contributed by atoms with E-state index in [-0.39, 0.29) is 5.78 Å². The number of carbonyl (C=O) groups is 1. The zero-order valence-corrected chi connectivity index (χ0v) is 15.6. The Morgan fingerprint density at radius 1 is 1.04 bits per heavy atom. The van der Waals surface area contributed by atoms with E-state index in [1.165, 1.54) is 24.6 Å². The van der Waals surface area contributed by atoms with Crippen LogP contribution in [0.15, 0.2) is 60.2 Å². The SMILES string of the molecule is COc1ccc(-c2csc3ncnc(Oc4cccc(C(C)=O)c4)c23)cc1. The third-order valence-corrected chi connectivity index (χ3v) is 5.08. The number of ether oxygens (including phenoxy) is 2. The Morgan fingerprint density at radius 2 is 1.85 bits per heavy atom. The number of hydrogen-bond donors (Lipinski definition) is 0. The van der Waals surface area contributed by atoms with Crippen LogP contribution >= 0.6 is 11.3 Å². The number of ketones is 1. The van der Waals surface area contributed by atoms with Crippen molar-refractivity contribution in [3.63, 3.8) is 0 Å². The molecule has 4 rings (SSSR count). The molecule has 0 aliphatic carbocycles. The summed E-state index contributed by atoms with van der Waals surface area (Å²) in [5.41, 5.74) is 2.62. The minimum atomic E-state index is -0.0114. The first-order valence-corrected chi connectivity index (χ1v) is 9.19. The predicted octanol–water partition coefficient (Wildman–Crippen LogP) is 5.36. The molecule has 6 heteroatoms. The summed E-state index contributed by atoms with van der Waals surface area (Å²) >= 11 is 1.54. The number of carbonyl (C=O) groups excluding carboxylic acids is 1. The molecule has 2 aromatic carbocycles. The molecule has 4 aromatic rings. The lowest BCUT2D eigenvalue weighted by Gasteiger charge is -2.08. The summed E-state index contributed by atoms with van der Waals surface area (Å²) < 4.78 is 11.3. The lowest BCUT2D eigenvalue weighted by atomic mass is 10.1. The summed E-state index contributed by atoms with van der Waals surface area (Å²) in [4.78, 5) is 21.2. The minimum absolute atomic E-state index is 0.0114. The van der Waals surface area contributed by atoms with Gasteiger partial charge in [-0.3, -0.25) is 4.79 Å². The standard InChI is InChI=1S/C21H16N2O3S/c1-13(24)15-4-3-5-17(10-15)26-20-19-18(11-27-21(19)23-12-22-20)14-6-8-16(25-2)9-7-14/h3-12H,1-2H3. The molecule has 0 saturated carbocycles. The number of Topliss-reactive ketones (excluding diaryl/α,β-unsaturated/α-hetero) is 1. The highest BCUT2D eigenvalue weighted by Crippen LogP contribution is 2.39. The average Bonchev–Trinajstić information content (AvgIpc) is 3.13. The summed E-state index contributed by atoms with van der Waals surface area (Å²) in [5.74, 6) is 1.82. The highest BCUT2D eigenvalue weighted by molar-refractivity contribution is 7.17. The molecule has 0 amide bonds. The van der Waals surface area contributed by atoms with Crippen molar-refractivity contribution in [3.05, 3.63) is 65.8 Å². The Balaban J connectivity index is 1.78. The van der Waals surface area contributed by atoms with Gasteiger partial charge >= 0.3 is 0 Å². The van der Waals surface area contributed by atoms with Crippen LogP contribution in [0.3, 0.4) is 0 Å². The number of thiophene rings is 1. The van der Waals surface area contributed by atoms with Gasteiger partial charge in [0.05, 0.1) is 12.5 Å². The fraction of sp³-hybridized carbons (Fsp3) is 0.0952. The van der Waals surface area contributed by atoms with Crippen molar-refractivity contribution in [1.82, 2.24) is 9.97 Å². The van der Waals surface area contributed by atoms with Crippen LogP contribution in [0.1, 0.15) is 17.3 Å². The van der Waals surface area contributed by atoms with Crippen LogP contribution in [0, 0.1) is 0 Å². The summed E-state index contributed by atoms with van der Waals surface area (Å²) in [6.45, 7) is 1.53. The average molecular weight is 376 g/mol. The van der Waals surface area contributed by atoms with Gasteiger partial charge < -0.3 is 9.47 Å². The molecular formula is C21H16N2O3S. The molecule has 0 aliphatic rings. The number of hydrogen-bond acceptors (Lipinski definition) is 6. The van der Waals surface area contributed by atoms with Gasteiger partial charge in [-0.1, -0.05) is 24.3 Å². The Hall–Kier alpha value is -3.25. The van der Waals surface area contributed by atoms with Crippen molar-refractivity contribution in [3.8, 4) is 28.5 Å². The van der Waals surface area contributed by atoms with Crippen LogP contribution < -0.4 is 9.47 Å². The van der Waals surface area contributed by atoms with Crippen molar-refractivity contribution >= 4 is 27.3 Å². The van der Waals surface area contributed by atoms with Crippen molar-refractivity contribution in [2.45, 2.75) is 6.92 Å². The molecule has 2 heterocycles. The molecular weight excluding hydrogens is 360 g/mol. The zero-order chi connectivity index (χ0) is 18.8. The molecule has 5 nitrogen and oxygen atoms in total. The third-order valence-electron chi connectivity index (χ3n) is 4.19. The van der Waals surface area contributed by atoms with Gasteiger partial charge in [-0.15, -0.1) is 11.3 Å². The van der Waals surface area contributed by atoms with E-state index in [2.05, 4.69) is 9.97 Å². The van der Waals surface area contributed by atoms with Crippen molar-refractivity contribution < 1.29 is 14.3 Å². The highest BCUT2D eigenvalue weighted by Gasteiger charge is 2.15. The molecule has 27 heavy (non-hydrogen) atoms. The maximum absolute atomic E-state index is 11.6. The highest BCUT2D eigenvalue weighted by atomic mass is 32.1. The van der Waals surface area contributed by atoms with E-state index in [1.54, 1.807) is 31.4 Å². The van der Waals surface area contributed by atoms with Crippen molar-refractivity contribution in [1.29, 1.82) is 0 Å². The quantitative estimate of drug-likeness (QED) is 0.439. The Bertz CT molecular complexity index is 1120. The second kappa shape index (κ2) is 7.17. The van der Waals surface area contributed by atoms with Crippen LogP contribution in [-0.2, 0) is 0 Å². The van der Waals surface area contributed by atoms with Gasteiger partial charge in [0.1, 0.15) is 22.7 Å². The lowest BCUT2D eigenvalue weighted by molar-refractivity contribution is 0.101. The van der Waals surface area contributed by atoms with Crippen molar-refractivity contribution in [2.75, 3.05) is 7.11 Å². The number of nitrogens with zero attached hydrogens (tertiary/aromatic N) is 2. The monoisotopic (exact) mass is 376 g/mol. The normalized spacial score (nSPS) is 10.7. The summed E-state index contributed by atoms with van der Waals surface area (Å²) in [5, 5.41) is 2.89. The molecule has 0 atom stereocenters. The van der Waals surface area contributed by atoms with E-state index >= 15 is 0 Å².